The van der Waals surface area contributed by atoms with Gasteiger partial charge in [0, 0.05) is 10.9 Å². The third-order valence-corrected chi connectivity index (χ3v) is 6.87. The van der Waals surface area contributed by atoms with Crippen LogP contribution in [0.2, 0.25) is 0 Å². The van der Waals surface area contributed by atoms with E-state index >= 15 is 0 Å². The third-order valence-electron chi connectivity index (χ3n) is 6.38. The number of rotatable bonds is 11. The van der Waals surface area contributed by atoms with Gasteiger partial charge in [-0.2, -0.15) is 0 Å². The molecule has 3 aromatic rings. The summed E-state index contributed by atoms with van der Waals surface area (Å²) in [5.74, 6) is 1.01. The summed E-state index contributed by atoms with van der Waals surface area (Å²) in [6.07, 6.45) is 3.63. The van der Waals surface area contributed by atoms with E-state index in [-0.39, 0.29) is 11.9 Å². The molecule has 0 spiro atoms. The lowest BCUT2D eigenvalue weighted by molar-refractivity contribution is -0.150. The molecule has 0 aliphatic carbocycles. The average molecular weight is 500 g/mol. The van der Waals surface area contributed by atoms with Crippen molar-refractivity contribution in [3.05, 3.63) is 64.4 Å². The monoisotopic (exact) mass is 499 g/mol. The van der Waals surface area contributed by atoms with Crippen molar-refractivity contribution in [2.24, 2.45) is 5.92 Å². The van der Waals surface area contributed by atoms with Gasteiger partial charge in [0.25, 0.3) is 0 Å². The Morgan fingerprint density at radius 1 is 1.16 bits per heavy atom. The minimum Gasteiger partial charge on any atom is -0.468 e. The summed E-state index contributed by atoms with van der Waals surface area (Å²) < 4.78 is 6.27. The first kappa shape index (κ1) is 24.5. The van der Waals surface area contributed by atoms with Gasteiger partial charge in [-0.25, -0.2) is 4.98 Å². The number of carbonyl (C=O) groups excluding carboxylic acids is 1. The predicted octanol–water partition coefficient (Wildman–Crippen LogP) is 5.74. The molecule has 32 heavy (non-hydrogen) atoms. The Morgan fingerprint density at radius 3 is 2.59 bits per heavy atom. The second-order valence-electron chi connectivity index (χ2n) is 8.84. The molecule has 0 amide bonds. The highest BCUT2D eigenvalue weighted by molar-refractivity contribution is 9.10. The second kappa shape index (κ2) is 11.1. The maximum atomic E-state index is 13.0. The number of imidazole rings is 1. The van der Waals surface area contributed by atoms with Crippen molar-refractivity contribution in [1.82, 2.24) is 14.9 Å². The Bertz CT molecular complexity index is 1000. The van der Waals surface area contributed by atoms with Gasteiger partial charge in [-0.3, -0.25) is 4.79 Å². The van der Waals surface area contributed by atoms with Gasteiger partial charge >= 0.3 is 5.97 Å². The normalized spacial score (nSPS) is 13.6. The number of benzene rings is 2. The molecule has 1 unspecified atom stereocenters. The molecule has 3 rings (SSSR count). The van der Waals surface area contributed by atoms with Crippen LogP contribution in [-0.2, 0) is 21.4 Å². The molecule has 1 aromatic heterocycles. The van der Waals surface area contributed by atoms with Crippen molar-refractivity contribution in [3.63, 3.8) is 0 Å². The van der Waals surface area contributed by atoms with Gasteiger partial charge < -0.3 is 14.6 Å². The summed E-state index contributed by atoms with van der Waals surface area (Å²) in [5, 5.41) is 0. The third kappa shape index (κ3) is 5.59. The largest absolute Gasteiger partial charge is 0.468 e. The van der Waals surface area contributed by atoms with E-state index in [2.05, 4.69) is 57.8 Å². The van der Waals surface area contributed by atoms with Gasteiger partial charge in [0.15, 0.2) is 0 Å². The molecule has 0 aliphatic heterocycles. The minimum absolute atomic E-state index is 0.127. The van der Waals surface area contributed by atoms with E-state index < -0.39 is 5.41 Å². The summed E-state index contributed by atoms with van der Waals surface area (Å²) in [7, 11) is 3.63. The van der Waals surface area contributed by atoms with Crippen molar-refractivity contribution in [3.8, 4) is 0 Å². The maximum absolute atomic E-state index is 13.0. The summed E-state index contributed by atoms with van der Waals surface area (Å²) in [5.41, 5.74) is 2.49. The highest BCUT2D eigenvalue weighted by Crippen LogP contribution is 2.39. The number of aromatic amines is 1. The number of hydrogen-bond acceptors (Lipinski definition) is 4. The second-order valence-corrected chi connectivity index (χ2v) is 9.75. The smallest absolute Gasteiger partial charge is 0.316 e. The number of nitrogens with zero attached hydrogens (tertiary/aromatic N) is 2. The number of H-pyrrole nitrogens is 1. The fraction of sp³-hybridized carbons (Fsp3) is 0.462. The van der Waals surface area contributed by atoms with Gasteiger partial charge in [-0.1, -0.05) is 54.0 Å². The molecule has 6 heteroatoms. The lowest BCUT2D eigenvalue weighted by atomic mass is 9.68. The Hall–Kier alpha value is -2.18. The van der Waals surface area contributed by atoms with E-state index in [1.807, 2.05) is 42.5 Å². The van der Waals surface area contributed by atoms with Crippen molar-refractivity contribution >= 4 is 32.9 Å². The molecule has 0 saturated heterocycles. The van der Waals surface area contributed by atoms with E-state index in [1.165, 1.54) is 7.11 Å². The number of fused-ring (bicyclic) bond motifs is 1. The van der Waals surface area contributed by atoms with Crippen molar-refractivity contribution < 1.29 is 9.53 Å². The zero-order chi connectivity index (χ0) is 23.1. The van der Waals surface area contributed by atoms with Gasteiger partial charge in [0.05, 0.1) is 23.6 Å². The molecule has 1 heterocycles. The molecule has 1 N–H and O–H groups in total. The van der Waals surface area contributed by atoms with Crippen LogP contribution in [0.4, 0.5) is 0 Å². The highest BCUT2D eigenvalue weighted by atomic mass is 79.9. The molecule has 172 valence electrons. The van der Waals surface area contributed by atoms with Crippen molar-refractivity contribution in [2.75, 3.05) is 27.2 Å². The number of aromatic nitrogens is 2. The van der Waals surface area contributed by atoms with Crippen LogP contribution in [0.5, 0.6) is 0 Å². The maximum Gasteiger partial charge on any atom is 0.316 e. The molecular weight excluding hydrogens is 466 g/mol. The lowest BCUT2D eigenvalue weighted by Gasteiger charge is -2.36. The Labute approximate surface area is 199 Å². The van der Waals surface area contributed by atoms with Crippen LogP contribution in [-0.4, -0.2) is 48.1 Å². The van der Waals surface area contributed by atoms with Crippen molar-refractivity contribution in [2.45, 2.75) is 44.9 Å². The van der Waals surface area contributed by atoms with Gasteiger partial charge in [0.2, 0.25) is 0 Å². The standard InChI is InChI=1S/C26H34BrN3O2/c1-19(2)26(25(31)32-4,20-10-7-11-21(27)18-20)15-9-17-30(3)16-8-14-24-28-22-12-5-6-13-23(22)29-24/h5-7,10-13,18-19H,8-9,14-17H2,1-4H3,(H,28,29). The fourth-order valence-corrected chi connectivity index (χ4v) is 4.95. The van der Waals surface area contributed by atoms with Crippen LogP contribution >= 0.6 is 15.9 Å². The first-order valence-corrected chi connectivity index (χ1v) is 12.1. The number of nitrogens with one attached hydrogen (secondary N) is 1. The number of methoxy groups -OCH3 is 1. The number of hydrogen-bond donors (Lipinski definition) is 1. The SMILES string of the molecule is COC(=O)C(CCCN(C)CCCc1nc2ccccc2[nH]1)(c1cccc(Br)c1)C(C)C. The van der Waals surface area contributed by atoms with Gasteiger partial charge in [0.1, 0.15) is 5.82 Å². The molecule has 0 radical (unpaired) electrons. The molecule has 1 atom stereocenters. The van der Waals surface area contributed by atoms with Gasteiger partial charge in [-0.05, 0) is 75.1 Å². The van der Waals surface area contributed by atoms with E-state index in [9.17, 15) is 4.79 Å². The zero-order valence-electron chi connectivity index (χ0n) is 19.5. The van der Waals surface area contributed by atoms with Crippen LogP contribution in [0.15, 0.2) is 53.0 Å². The van der Waals surface area contributed by atoms with Crippen molar-refractivity contribution in [1.29, 1.82) is 0 Å². The molecular formula is C26H34BrN3O2. The van der Waals surface area contributed by atoms with Crippen LogP contribution in [0.25, 0.3) is 11.0 Å². The number of ether oxygens (including phenoxy) is 1. The Morgan fingerprint density at radius 2 is 1.91 bits per heavy atom. The molecule has 0 bridgehead atoms. The van der Waals surface area contributed by atoms with Gasteiger partial charge in [-0.15, -0.1) is 0 Å². The van der Waals surface area contributed by atoms with E-state index in [0.29, 0.717) is 0 Å². The summed E-state index contributed by atoms with van der Waals surface area (Å²) in [4.78, 5) is 23.4. The van der Waals surface area contributed by atoms with E-state index in [4.69, 9.17) is 4.74 Å². The molecule has 0 aliphatic rings. The van der Waals surface area contributed by atoms with E-state index in [1.54, 1.807) is 0 Å². The first-order chi connectivity index (χ1) is 15.4. The highest BCUT2D eigenvalue weighted by Gasteiger charge is 2.44. The number of halogens is 1. The molecule has 0 fully saturated rings. The molecule has 5 nitrogen and oxygen atoms in total. The summed E-state index contributed by atoms with van der Waals surface area (Å²) in [6.45, 7) is 6.13. The summed E-state index contributed by atoms with van der Waals surface area (Å²) in [6, 6.07) is 16.2. The van der Waals surface area contributed by atoms with Crippen LogP contribution in [0.3, 0.4) is 0 Å². The predicted molar refractivity (Wildman–Crippen MR) is 134 cm³/mol. The summed E-state index contributed by atoms with van der Waals surface area (Å²) >= 11 is 3.56. The average Bonchev–Trinajstić information content (AvgIpc) is 3.19. The number of carbonyl (C=O) groups is 1. The van der Waals surface area contributed by atoms with Crippen LogP contribution < -0.4 is 0 Å². The number of para-hydroxylation sites is 2. The minimum atomic E-state index is -0.645. The first-order valence-electron chi connectivity index (χ1n) is 11.3. The Kier molecular flexibility index (Phi) is 8.49. The quantitative estimate of drug-likeness (QED) is 0.342. The Balaban J connectivity index is 1.56. The van der Waals surface area contributed by atoms with E-state index in [0.717, 1.165) is 65.7 Å². The number of aryl methyl sites for hydroxylation is 1. The van der Waals surface area contributed by atoms with Crippen LogP contribution in [0, 0.1) is 5.92 Å². The molecule has 0 saturated carbocycles. The fourth-order valence-electron chi connectivity index (χ4n) is 4.55. The zero-order valence-corrected chi connectivity index (χ0v) is 21.1. The lowest BCUT2D eigenvalue weighted by Crippen LogP contribution is -2.42. The number of esters is 1. The molecule has 2 aromatic carbocycles. The topological polar surface area (TPSA) is 58.2 Å². The van der Waals surface area contributed by atoms with Crippen LogP contribution in [0.1, 0.15) is 44.5 Å².